The smallest absolute Gasteiger partial charge is 0.271 e. The minimum atomic E-state index is -0.350. The molecule has 0 saturated carbocycles. The Morgan fingerprint density at radius 1 is 0.933 bits per heavy atom. The SMILES string of the molecule is COc1cc(C(=O)N/N=C\c2cccc(Oc3ccccc3)c2)ccc1OC(C)C. The third-order valence-corrected chi connectivity index (χ3v) is 4.01. The number of nitrogens with zero attached hydrogens (tertiary/aromatic N) is 1. The molecule has 0 aliphatic heterocycles. The molecule has 0 spiro atoms. The van der Waals surface area contributed by atoms with Gasteiger partial charge in [0.05, 0.1) is 19.4 Å². The Labute approximate surface area is 176 Å². The van der Waals surface area contributed by atoms with Gasteiger partial charge in [-0.3, -0.25) is 4.79 Å². The second-order valence-corrected chi connectivity index (χ2v) is 6.72. The van der Waals surface area contributed by atoms with E-state index in [9.17, 15) is 4.79 Å². The van der Waals surface area contributed by atoms with Gasteiger partial charge in [-0.1, -0.05) is 30.3 Å². The van der Waals surface area contributed by atoms with Gasteiger partial charge in [-0.15, -0.1) is 0 Å². The van der Waals surface area contributed by atoms with Crippen LogP contribution in [0.1, 0.15) is 29.8 Å². The molecule has 0 atom stereocenters. The quantitative estimate of drug-likeness (QED) is 0.422. The fourth-order valence-electron chi connectivity index (χ4n) is 2.67. The van der Waals surface area contributed by atoms with Crippen LogP contribution in [0.2, 0.25) is 0 Å². The summed E-state index contributed by atoms with van der Waals surface area (Å²) >= 11 is 0. The molecule has 30 heavy (non-hydrogen) atoms. The van der Waals surface area contributed by atoms with Gasteiger partial charge in [-0.05, 0) is 61.9 Å². The van der Waals surface area contributed by atoms with Crippen molar-refractivity contribution in [2.24, 2.45) is 5.10 Å². The number of nitrogens with one attached hydrogen (secondary N) is 1. The second kappa shape index (κ2) is 10.1. The maximum atomic E-state index is 12.4. The van der Waals surface area contributed by atoms with Gasteiger partial charge in [0.15, 0.2) is 11.5 Å². The van der Waals surface area contributed by atoms with E-state index in [1.807, 2.05) is 68.4 Å². The molecule has 1 amide bonds. The maximum absolute atomic E-state index is 12.4. The minimum absolute atomic E-state index is 0.00445. The summed E-state index contributed by atoms with van der Waals surface area (Å²) in [6.07, 6.45) is 1.56. The molecule has 0 radical (unpaired) electrons. The van der Waals surface area contributed by atoms with Crippen LogP contribution in [-0.4, -0.2) is 25.3 Å². The summed E-state index contributed by atoms with van der Waals surface area (Å²) < 4.78 is 16.8. The van der Waals surface area contributed by atoms with Gasteiger partial charge < -0.3 is 14.2 Å². The molecule has 1 N–H and O–H groups in total. The van der Waals surface area contributed by atoms with Gasteiger partial charge in [0.2, 0.25) is 0 Å². The lowest BCUT2D eigenvalue weighted by Crippen LogP contribution is -2.18. The van der Waals surface area contributed by atoms with E-state index in [0.29, 0.717) is 22.8 Å². The molecule has 0 aliphatic rings. The average molecular weight is 404 g/mol. The zero-order chi connectivity index (χ0) is 21.3. The fraction of sp³-hybridized carbons (Fsp3) is 0.167. The van der Waals surface area contributed by atoms with E-state index in [1.54, 1.807) is 24.4 Å². The number of ether oxygens (including phenoxy) is 3. The van der Waals surface area contributed by atoms with Crippen molar-refractivity contribution < 1.29 is 19.0 Å². The van der Waals surface area contributed by atoms with Crippen molar-refractivity contribution in [3.8, 4) is 23.0 Å². The maximum Gasteiger partial charge on any atom is 0.271 e. The Kier molecular flexibility index (Phi) is 7.05. The first-order valence-electron chi connectivity index (χ1n) is 9.56. The summed E-state index contributed by atoms with van der Waals surface area (Å²) in [4.78, 5) is 12.4. The van der Waals surface area contributed by atoms with Crippen LogP contribution < -0.4 is 19.6 Å². The highest BCUT2D eigenvalue weighted by atomic mass is 16.5. The van der Waals surface area contributed by atoms with Gasteiger partial charge >= 0.3 is 0 Å². The molecule has 3 aromatic carbocycles. The van der Waals surface area contributed by atoms with E-state index in [0.717, 1.165) is 11.3 Å². The van der Waals surface area contributed by atoms with Gasteiger partial charge in [0.25, 0.3) is 5.91 Å². The molecule has 6 heteroatoms. The molecule has 0 bridgehead atoms. The molecule has 0 unspecified atom stereocenters. The molecular formula is C24H24N2O4. The summed E-state index contributed by atoms with van der Waals surface area (Å²) in [5.74, 6) is 2.16. The Balaban J connectivity index is 1.64. The van der Waals surface area contributed by atoms with Crippen molar-refractivity contribution in [1.82, 2.24) is 5.43 Å². The zero-order valence-electron chi connectivity index (χ0n) is 17.2. The summed E-state index contributed by atoms with van der Waals surface area (Å²) in [5.41, 5.74) is 3.73. The lowest BCUT2D eigenvalue weighted by molar-refractivity contribution is 0.0954. The van der Waals surface area contributed by atoms with Gasteiger partial charge in [-0.2, -0.15) is 5.10 Å². The number of hydrazone groups is 1. The molecule has 154 valence electrons. The number of rotatable bonds is 8. The van der Waals surface area contributed by atoms with Gasteiger partial charge in [0, 0.05) is 5.56 Å². The van der Waals surface area contributed by atoms with E-state index < -0.39 is 0 Å². The van der Waals surface area contributed by atoms with Crippen molar-refractivity contribution in [3.05, 3.63) is 83.9 Å². The first kappa shape index (κ1) is 20.9. The van der Waals surface area contributed by atoms with Crippen LogP contribution in [0, 0.1) is 0 Å². The van der Waals surface area contributed by atoms with E-state index in [4.69, 9.17) is 14.2 Å². The van der Waals surface area contributed by atoms with Gasteiger partial charge in [0.1, 0.15) is 11.5 Å². The molecule has 3 aromatic rings. The Bertz CT molecular complexity index is 1020. The molecule has 0 aromatic heterocycles. The highest BCUT2D eigenvalue weighted by Crippen LogP contribution is 2.29. The Morgan fingerprint density at radius 2 is 1.70 bits per heavy atom. The van der Waals surface area contributed by atoms with Crippen molar-refractivity contribution in [2.45, 2.75) is 20.0 Å². The third kappa shape index (κ3) is 5.85. The monoisotopic (exact) mass is 404 g/mol. The minimum Gasteiger partial charge on any atom is -0.493 e. The van der Waals surface area contributed by atoms with Crippen LogP contribution in [-0.2, 0) is 0 Å². The van der Waals surface area contributed by atoms with Crippen LogP contribution >= 0.6 is 0 Å². The number of benzene rings is 3. The molecule has 0 heterocycles. The standard InChI is InChI=1S/C24H24N2O4/c1-17(2)29-22-13-12-19(15-23(22)28-3)24(27)26-25-16-18-8-7-11-21(14-18)30-20-9-5-4-6-10-20/h4-17H,1-3H3,(H,26,27)/b25-16-. The van der Waals surface area contributed by atoms with Crippen molar-refractivity contribution in [3.63, 3.8) is 0 Å². The number of para-hydroxylation sites is 1. The van der Waals surface area contributed by atoms with Crippen LogP contribution in [0.5, 0.6) is 23.0 Å². The summed E-state index contributed by atoms with van der Waals surface area (Å²) in [7, 11) is 1.53. The highest BCUT2D eigenvalue weighted by Gasteiger charge is 2.11. The third-order valence-electron chi connectivity index (χ3n) is 4.01. The van der Waals surface area contributed by atoms with E-state index >= 15 is 0 Å². The summed E-state index contributed by atoms with van der Waals surface area (Å²) in [6.45, 7) is 3.85. The Hall–Kier alpha value is -3.80. The average Bonchev–Trinajstić information content (AvgIpc) is 2.74. The fourth-order valence-corrected chi connectivity index (χ4v) is 2.67. The molecular weight excluding hydrogens is 380 g/mol. The number of hydrogen-bond acceptors (Lipinski definition) is 5. The highest BCUT2D eigenvalue weighted by molar-refractivity contribution is 5.95. The largest absolute Gasteiger partial charge is 0.493 e. The van der Waals surface area contributed by atoms with Crippen LogP contribution in [0.4, 0.5) is 0 Å². The van der Waals surface area contributed by atoms with Crippen molar-refractivity contribution >= 4 is 12.1 Å². The molecule has 0 saturated heterocycles. The summed E-state index contributed by atoms with van der Waals surface area (Å²) in [5, 5.41) is 4.04. The van der Waals surface area contributed by atoms with E-state index in [2.05, 4.69) is 10.5 Å². The lowest BCUT2D eigenvalue weighted by Gasteiger charge is -2.14. The second-order valence-electron chi connectivity index (χ2n) is 6.72. The predicted molar refractivity (Wildman–Crippen MR) is 117 cm³/mol. The number of hydrogen-bond donors (Lipinski definition) is 1. The number of methoxy groups -OCH3 is 1. The van der Waals surface area contributed by atoms with Crippen molar-refractivity contribution in [1.29, 1.82) is 0 Å². The number of amides is 1. The van der Waals surface area contributed by atoms with Gasteiger partial charge in [-0.25, -0.2) is 5.43 Å². The topological polar surface area (TPSA) is 69.2 Å². The predicted octanol–water partition coefficient (Wildman–Crippen LogP) is 5.04. The Morgan fingerprint density at radius 3 is 2.43 bits per heavy atom. The molecule has 3 rings (SSSR count). The normalized spacial score (nSPS) is 10.8. The van der Waals surface area contributed by atoms with E-state index in [-0.39, 0.29) is 12.0 Å². The number of carbonyl (C=O) groups excluding carboxylic acids is 1. The molecule has 6 nitrogen and oxygen atoms in total. The zero-order valence-corrected chi connectivity index (χ0v) is 17.2. The lowest BCUT2D eigenvalue weighted by atomic mass is 10.2. The first-order valence-corrected chi connectivity index (χ1v) is 9.56. The van der Waals surface area contributed by atoms with E-state index in [1.165, 1.54) is 7.11 Å². The van der Waals surface area contributed by atoms with Crippen molar-refractivity contribution in [2.75, 3.05) is 7.11 Å². The molecule has 0 aliphatic carbocycles. The molecule has 0 fully saturated rings. The first-order chi connectivity index (χ1) is 14.5. The van der Waals surface area contributed by atoms with Crippen LogP contribution in [0.25, 0.3) is 0 Å². The summed E-state index contributed by atoms with van der Waals surface area (Å²) in [6, 6.07) is 21.9. The van der Waals surface area contributed by atoms with Crippen LogP contribution in [0.3, 0.4) is 0 Å². The van der Waals surface area contributed by atoms with Crippen LogP contribution in [0.15, 0.2) is 77.9 Å². The number of carbonyl (C=O) groups is 1.